The van der Waals surface area contributed by atoms with Crippen LogP contribution in [-0.2, 0) is 13.5 Å². The van der Waals surface area contributed by atoms with Gasteiger partial charge in [-0.25, -0.2) is 4.98 Å². The van der Waals surface area contributed by atoms with Gasteiger partial charge in [-0.05, 0) is 37.5 Å². The van der Waals surface area contributed by atoms with Crippen LogP contribution >= 0.6 is 12.4 Å². The zero-order valence-corrected chi connectivity index (χ0v) is 15.4. The molecule has 8 heteroatoms. The highest BCUT2D eigenvalue weighted by Crippen LogP contribution is 2.33. The Hall–Kier alpha value is -2.80. The molecule has 1 aromatic carbocycles. The molecule has 3 heterocycles. The van der Waals surface area contributed by atoms with E-state index in [0.29, 0.717) is 23.9 Å². The summed E-state index contributed by atoms with van der Waals surface area (Å²) in [5.74, 6) is 0.738. The molecule has 4 rings (SSSR count). The van der Waals surface area contributed by atoms with E-state index in [4.69, 9.17) is 10.2 Å². The Balaban J connectivity index is 0.00000196. The van der Waals surface area contributed by atoms with Gasteiger partial charge in [-0.1, -0.05) is 6.07 Å². The SMILES string of the molecule is Cc1oc(-c2cnn(C)c2)nc1C(=O)N1CCCc2c(N)cccc21.Cl. The highest BCUT2D eigenvalue weighted by molar-refractivity contribution is 6.06. The molecule has 3 aromatic rings. The van der Waals surface area contributed by atoms with Crippen LogP contribution in [0.15, 0.2) is 35.0 Å². The van der Waals surface area contributed by atoms with Crippen molar-refractivity contribution in [2.24, 2.45) is 7.05 Å². The van der Waals surface area contributed by atoms with Crippen molar-refractivity contribution >= 4 is 29.7 Å². The molecule has 0 saturated carbocycles. The van der Waals surface area contributed by atoms with Crippen LogP contribution in [0.1, 0.15) is 28.2 Å². The minimum Gasteiger partial charge on any atom is -0.440 e. The van der Waals surface area contributed by atoms with E-state index in [-0.39, 0.29) is 18.3 Å². The minimum atomic E-state index is -0.164. The number of benzene rings is 1. The summed E-state index contributed by atoms with van der Waals surface area (Å²) in [6.07, 6.45) is 5.22. The van der Waals surface area contributed by atoms with E-state index in [9.17, 15) is 4.79 Å². The number of nitrogens with zero attached hydrogens (tertiary/aromatic N) is 4. The predicted octanol–water partition coefficient (Wildman–Crippen LogP) is 2.98. The summed E-state index contributed by atoms with van der Waals surface area (Å²) in [5, 5.41) is 4.11. The number of fused-ring (bicyclic) bond motifs is 1. The molecule has 26 heavy (non-hydrogen) atoms. The molecule has 136 valence electrons. The van der Waals surface area contributed by atoms with Crippen LogP contribution in [0, 0.1) is 6.92 Å². The van der Waals surface area contributed by atoms with Crippen molar-refractivity contribution in [3.63, 3.8) is 0 Å². The Kier molecular flexibility index (Phi) is 4.73. The molecule has 1 aliphatic rings. The smallest absolute Gasteiger partial charge is 0.280 e. The minimum absolute atomic E-state index is 0. The Morgan fingerprint density at radius 3 is 2.88 bits per heavy atom. The number of nitrogens with two attached hydrogens (primary N) is 1. The molecule has 2 N–H and O–H groups in total. The quantitative estimate of drug-likeness (QED) is 0.697. The number of hydrogen-bond acceptors (Lipinski definition) is 5. The lowest BCUT2D eigenvalue weighted by molar-refractivity contribution is 0.0979. The zero-order chi connectivity index (χ0) is 17.6. The molecule has 7 nitrogen and oxygen atoms in total. The summed E-state index contributed by atoms with van der Waals surface area (Å²) in [5.41, 5.74) is 9.76. The third-order valence-electron chi connectivity index (χ3n) is 4.48. The number of anilines is 2. The monoisotopic (exact) mass is 373 g/mol. The molecule has 0 spiro atoms. The maximum atomic E-state index is 13.1. The van der Waals surface area contributed by atoms with Crippen LogP contribution in [0.4, 0.5) is 11.4 Å². The van der Waals surface area contributed by atoms with Crippen molar-refractivity contribution in [1.82, 2.24) is 14.8 Å². The molecule has 0 radical (unpaired) electrons. The van der Waals surface area contributed by atoms with Crippen molar-refractivity contribution in [3.05, 3.63) is 47.6 Å². The fourth-order valence-corrected chi connectivity index (χ4v) is 3.24. The van der Waals surface area contributed by atoms with Crippen molar-refractivity contribution in [3.8, 4) is 11.5 Å². The molecule has 0 atom stereocenters. The highest BCUT2D eigenvalue weighted by atomic mass is 35.5. The fourth-order valence-electron chi connectivity index (χ4n) is 3.24. The van der Waals surface area contributed by atoms with Crippen LogP contribution in [0.3, 0.4) is 0 Å². The Morgan fingerprint density at radius 1 is 1.35 bits per heavy atom. The number of aryl methyl sites for hydroxylation is 2. The molecular formula is C18H20ClN5O2. The van der Waals surface area contributed by atoms with Crippen molar-refractivity contribution < 1.29 is 9.21 Å². The van der Waals surface area contributed by atoms with Crippen LogP contribution in [0.25, 0.3) is 11.5 Å². The van der Waals surface area contributed by atoms with Crippen LogP contribution < -0.4 is 10.6 Å². The number of nitrogen functional groups attached to an aromatic ring is 1. The lowest BCUT2D eigenvalue weighted by atomic mass is 9.99. The molecule has 1 aliphatic heterocycles. The summed E-state index contributed by atoms with van der Waals surface area (Å²) in [6, 6.07) is 5.67. The lowest BCUT2D eigenvalue weighted by Gasteiger charge is -2.29. The maximum Gasteiger partial charge on any atom is 0.280 e. The van der Waals surface area contributed by atoms with E-state index in [2.05, 4.69) is 10.1 Å². The van der Waals surface area contributed by atoms with Gasteiger partial charge in [0.25, 0.3) is 5.91 Å². The van der Waals surface area contributed by atoms with Gasteiger partial charge in [0.15, 0.2) is 5.69 Å². The average Bonchev–Trinajstić information content (AvgIpc) is 3.20. The van der Waals surface area contributed by atoms with Crippen molar-refractivity contribution in [2.75, 3.05) is 17.2 Å². The molecule has 0 aliphatic carbocycles. The van der Waals surface area contributed by atoms with Crippen LogP contribution in [0.5, 0.6) is 0 Å². The van der Waals surface area contributed by atoms with E-state index >= 15 is 0 Å². The number of carbonyl (C=O) groups excluding carboxylic acids is 1. The first-order valence-electron chi connectivity index (χ1n) is 8.20. The topological polar surface area (TPSA) is 90.2 Å². The Labute approximate surface area is 157 Å². The summed E-state index contributed by atoms with van der Waals surface area (Å²) in [6.45, 7) is 2.40. The van der Waals surface area contributed by atoms with Crippen molar-refractivity contribution in [2.45, 2.75) is 19.8 Å². The molecule has 0 saturated heterocycles. The van der Waals surface area contributed by atoms with E-state index in [1.54, 1.807) is 28.9 Å². The van der Waals surface area contributed by atoms with E-state index < -0.39 is 0 Å². The Morgan fingerprint density at radius 2 is 2.15 bits per heavy atom. The number of hydrogen-bond donors (Lipinski definition) is 1. The lowest BCUT2D eigenvalue weighted by Crippen LogP contribution is -2.36. The van der Waals surface area contributed by atoms with E-state index in [0.717, 1.165) is 35.3 Å². The van der Waals surface area contributed by atoms with Gasteiger partial charge in [0, 0.05) is 31.2 Å². The number of rotatable bonds is 2. The van der Waals surface area contributed by atoms with Gasteiger partial charge in [-0.15, -0.1) is 12.4 Å². The first kappa shape index (κ1) is 18.0. The predicted molar refractivity (Wildman–Crippen MR) is 102 cm³/mol. The summed E-state index contributed by atoms with van der Waals surface area (Å²) < 4.78 is 7.37. The second kappa shape index (κ2) is 6.84. The highest BCUT2D eigenvalue weighted by Gasteiger charge is 2.28. The number of oxazole rings is 1. The third kappa shape index (κ3) is 2.94. The first-order chi connectivity index (χ1) is 12.0. The fraction of sp³-hybridized carbons (Fsp3) is 0.278. The number of amides is 1. The second-order valence-electron chi connectivity index (χ2n) is 6.23. The molecule has 0 fully saturated rings. The number of aromatic nitrogens is 3. The van der Waals surface area contributed by atoms with Gasteiger partial charge in [0.05, 0.1) is 11.8 Å². The third-order valence-corrected chi connectivity index (χ3v) is 4.48. The summed E-state index contributed by atoms with van der Waals surface area (Å²) in [4.78, 5) is 19.3. The molecule has 0 bridgehead atoms. The number of halogens is 1. The molecule has 2 aromatic heterocycles. The standard InChI is InChI=1S/C18H19N5O2.ClH/c1-11-16(21-17(25-11)12-9-20-22(2)10-12)18(24)23-8-4-5-13-14(19)6-3-7-15(13)23;/h3,6-7,9-10H,4-5,8,19H2,1-2H3;1H. The van der Waals surface area contributed by atoms with Gasteiger partial charge in [-0.3, -0.25) is 9.48 Å². The first-order valence-corrected chi connectivity index (χ1v) is 8.20. The summed E-state index contributed by atoms with van der Waals surface area (Å²) >= 11 is 0. The average molecular weight is 374 g/mol. The van der Waals surface area contributed by atoms with Crippen LogP contribution in [-0.4, -0.2) is 27.2 Å². The summed E-state index contributed by atoms with van der Waals surface area (Å²) in [7, 11) is 1.82. The van der Waals surface area contributed by atoms with Gasteiger partial charge < -0.3 is 15.1 Å². The Bertz CT molecular complexity index is 962. The van der Waals surface area contributed by atoms with Gasteiger partial charge in [-0.2, -0.15) is 5.10 Å². The molecule has 1 amide bonds. The molecule has 0 unspecified atom stereocenters. The maximum absolute atomic E-state index is 13.1. The molecular weight excluding hydrogens is 354 g/mol. The largest absolute Gasteiger partial charge is 0.440 e. The van der Waals surface area contributed by atoms with Gasteiger partial charge >= 0.3 is 0 Å². The van der Waals surface area contributed by atoms with Gasteiger partial charge in [0.2, 0.25) is 5.89 Å². The zero-order valence-electron chi connectivity index (χ0n) is 14.6. The van der Waals surface area contributed by atoms with Crippen molar-refractivity contribution in [1.29, 1.82) is 0 Å². The number of carbonyl (C=O) groups is 1. The normalized spacial score (nSPS) is 13.2. The van der Waals surface area contributed by atoms with E-state index in [1.165, 1.54) is 0 Å². The van der Waals surface area contributed by atoms with Crippen LogP contribution in [0.2, 0.25) is 0 Å². The second-order valence-corrected chi connectivity index (χ2v) is 6.23. The van der Waals surface area contributed by atoms with E-state index in [1.807, 2.05) is 25.2 Å². The van der Waals surface area contributed by atoms with Gasteiger partial charge in [0.1, 0.15) is 5.76 Å².